The van der Waals surface area contributed by atoms with Crippen LogP contribution in [0.1, 0.15) is 25.0 Å². The van der Waals surface area contributed by atoms with Crippen LogP contribution in [0.25, 0.3) is 155 Å². The number of benzene rings is 13. The number of hydrogen-bond acceptors (Lipinski definition) is 0. The average Bonchev–Trinajstić information content (AvgIpc) is 4.23. The highest BCUT2D eigenvalue weighted by molar-refractivity contribution is 6.29. The van der Waals surface area contributed by atoms with E-state index in [1.54, 1.807) is 0 Å². The quantitative estimate of drug-likeness (QED) is 0.156. The molecular formula is C75H48. The van der Waals surface area contributed by atoms with Crippen LogP contribution in [-0.2, 0) is 5.41 Å². The summed E-state index contributed by atoms with van der Waals surface area (Å²) in [7, 11) is 0. The molecule has 0 saturated carbocycles. The molecule has 0 nitrogen and oxygen atoms in total. The normalized spacial score (nSPS) is 13.0. The van der Waals surface area contributed by atoms with E-state index in [2.05, 4.69) is 269 Å². The molecule has 0 radical (unpaired) electrons. The van der Waals surface area contributed by atoms with Gasteiger partial charge in [0.05, 0.1) is 0 Å². The molecule has 75 heavy (non-hydrogen) atoms. The minimum atomic E-state index is -0.0871. The summed E-state index contributed by atoms with van der Waals surface area (Å²) in [5.74, 6) is 0. The van der Waals surface area contributed by atoms with Crippen LogP contribution in [0.4, 0.5) is 0 Å². The molecule has 0 heteroatoms. The molecule has 3 aliphatic rings. The second-order valence-corrected chi connectivity index (χ2v) is 21.4. The SMILES string of the molecule is CC1(C)c2ccccc2-c2ccc(-c3ccc4c5c(cccc35)-c3c-4c(-c4ccccc4)c4ccc(-c5cc6c7c(cccc7c5)-c5c(-c7ccccc7)ccc(-c7ccccc7)c5-6)cc4c3-c3ccccc3)cc21. The van der Waals surface area contributed by atoms with Gasteiger partial charge in [-0.2, -0.15) is 0 Å². The van der Waals surface area contributed by atoms with Crippen LogP contribution in [0.5, 0.6) is 0 Å². The summed E-state index contributed by atoms with van der Waals surface area (Å²) in [5, 5.41) is 7.70. The lowest BCUT2D eigenvalue weighted by Crippen LogP contribution is -2.14. The van der Waals surface area contributed by atoms with E-state index in [1.807, 2.05) is 0 Å². The molecule has 3 aliphatic carbocycles. The molecule has 0 aromatic heterocycles. The average molecular weight is 949 g/mol. The Morgan fingerprint density at radius 1 is 0.213 bits per heavy atom. The van der Waals surface area contributed by atoms with Gasteiger partial charge in [0.2, 0.25) is 0 Å². The Hall–Kier alpha value is -9.36. The Bertz CT molecular complexity index is 4560. The second kappa shape index (κ2) is 15.8. The Labute approximate surface area is 437 Å². The molecule has 0 fully saturated rings. The minimum Gasteiger partial charge on any atom is -0.0622 e. The minimum absolute atomic E-state index is 0.0871. The highest BCUT2D eigenvalue weighted by Crippen LogP contribution is 2.60. The maximum atomic E-state index is 2.51. The van der Waals surface area contributed by atoms with Gasteiger partial charge < -0.3 is 0 Å². The van der Waals surface area contributed by atoms with Crippen LogP contribution >= 0.6 is 0 Å². The summed E-state index contributed by atoms with van der Waals surface area (Å²) in [6, 6.07) is 96.0. The van der Waals surface area contributed by atoms with Crippen LogP contribution in [0.3, 0.4) is 0 Å². The highest BCUT2D eigenvalue weighted by Gasteiger charge is 2.37. The number of hydrogen-bond donors (Lipinski definition) is 0. The van der Waals surface area contributed by atoms with E-state index < -0.39 is 0 Å². The third-order valence-corrected chi connectivity index (χ3v) is 17.1. The van der Waals surface area contributed by atoms with Crippen LogP contribution in [0, 0.1) is 0 Å². The maximum absolute atomic E-state index is 2.51. The van der Waals surface area contributed by atoms with Gasteiger partial charge in [-0.1, -0.05) is 244 Å². The molecule has 0 bridgehead atoms. The topological polar surface area (TPSA) is 0 Å². The summed E-state index contributed by atoms with van der Waals surface area (Å²) in [5.41, 5.74) is 30.8. The molecule has 0 amide bonds. The van der Waals surface area contributed by atoms with Crippen molar-refractivity contribution in [1.29, 1.82) is 0 Å². The molecule has 13 aromatic rings. The molecule has 0 spiro atoms. The first-order chi connectivity index (χ1) is 37.0. The first kappa shape index (κ1) is 42.2. The molecule has 16 rings (SSSR count). The van der Waals surface area contributed by atoms with Gasteiger partial charge in [-0.25, -0.2) is 0 Å². The van der Waals surface area contributed by atoms with Gasteiger partial charge in [-0.3, -0.25) is 0 Å². The van der Waals surface area contributed by atoms with Crippen LogP contribution in [-0.4, -0.2) is 0 Å². The zero-order chi connectivity index (χ0) is 49.5. The largest absolute Gasteiger partial charge is 0.0622 e. The lowest BCUT2D eigenvalue weighted by Gasteiger charge is -2.22. The second-order valence-electron chi connectivity index (χ2n) is 21.4. The monoisotopic (exact) mass is 948 g/mol. The fraction of sp³-hybridized carbons (Fsp3) is 0.0400. The summed E-state index contributed by atoms with van der Waals surface area (Å²) in [4.78, 5) is 0. The summed E-state index contributed by atoms with van der Waals surface area (Å²) in [6.07, 6.45) is 0. The Morgan fingerprint density at radius 2 is 0.707 bits per heavy atom. The van der Waals surface area contributed by atoms with Crippen LogP contribution in [0.15, 0.2) is 255 Å². The van der Waals surface area contributed by atoms with E-state index in [0.717, 1.165) is 0 Å². The Morgan fingerprint density at radius 3 is 1.39 bits per heavy atom. The molecule has 13 aromatic carbocycles. The molecule has 0 saturated heterocycles. The smallest absolute Gasteiger partial charge is 0.0159 e. The van der Waals surface area contributed by atoms with Crippen LogP contribution < -0.4 is 0 Å². The summed E-state index contributed by atoms with van der Waals surface area (Å²) >= 11 is 0. The van der Waals surface area contributed by atoms with Gasteiger partial charge in [0.1, 0.15) is 0 Å². The Balaban J connectivity index is 0.947. The molecular weight excluding hydrogens is 901 g/mol. The number of rotatable bonds is 6. The van der Waals surface area contributed by atoms with Crippen molar-refractivity contribution >= 4 is 32.3 Å². The van der Waals surface area contributed by atoms with E-state index in [1.165, 1.54) is 166 Å². The fourth-order valence-corrected chi connectivity index (χ4v) is 13.8. The predicted octanol–water partition coefficient (Wildman–Crippen LogP) is 20.7. The summed E-state index contributed by atoms with van der Waals surface area (Å²) in [6.45, 7) is 4.76. The molecule has 0 unspecified atom stereocenters. The first-order valence-corrected chi connectivity index (χ1v) is 26.4. The lowest BCUT2D eigenvalue weighted by atomic mass is 9.81. The van der Waals surface area contributed by atoms with Crippen molar-refractivity contribution in [3.63, 3.8) is 0 Å². The van der Waals surface area contributed by atoms with Gasteiger partial charge >= 0.3 is 0 Å². The molecule has 0 atom stereocenters. The molecule has 0 heterocycles. The highest BCUT2D eigenvalue weighted by atomic mass is 14.4. The summed E-state index contributed by atoms with van der Waals surface area (Å²) < 4.78 is 0. The van der Waals surface area contributed by atoms with Gasteiger partial charge in [0, 0.05) is 5.41 Å². The van der Waals surface area contributed by atoms with E-state index >= 15 is 0 Å². The number of fused-ring (bicyclic) bond motifs is 10. The molecule has 348 valence electrons. The van der Waals surface area contributed by atoms with Crippen LogP contribution in [0.2, 0.25) is 0 Å². The standard InChI is InChI=1S/C75H48/c1-75(2)65-32-16-15-28-56(65)57-35-34-50(44-66(57)75)53-37-40-62-70-58(53)29-18-31-61(70)73-69(48-25-13-6-14-26-48)63-42-49(33-36-59(63)68(74(62)73)47-23-11-5-12-24-47)52-41-51-27-17-30-60-67(51)64(43-52)72-55(46-21-9-4-10-22-46)39-38-54(71(60)72)45-19-7-3-8-20-45/h3-44H,1-2H3. The third-order valence-electron chi connectivity index (χ3n) is 17.1. The maximum Gasteiger partial charge on any atom is 0.0159 e. The van der Waals surface area contributed by atoms with E-state index in [9.17, 15) is 0 Å². The molecule has 0 aliphatic heterocycles. The molecule has 0 N–H and O–H groups in total. The predicted molar refractivity (Wildman–Crippen MR) is 318 cm³/mol. The fourth-order valence-electron chi connectivity index (χ4n) is 13.8. The van der Waals surface area contributed by atoms with Crippen molar-refractivity contribution in [1.82, 2.24) is 0 Å². The van der Waals surface area contributed by atoms with Gasteiger partial charge in [-0.05, 0) is 190 Å². The van der Waals surface area contributed by atoms with Crippen molar-refractivity contribution < 1.29 is 0 Å². The van der Waals surface area contributed by atoms with Gasteiger partial charge in [0.15, 0.2) is 0 Å². The van der Waals surface area contributed by atoms with Crippen molar-refractivity contribution in [2.24, 2.45) is 0 Å². The van der Waals surface area contributed by atoms with Crippen molar-refractivity contribution in [3.05, 3.63) is 266 Å². The lowest BCUT2D eigenvalue weighted by molar-refractivity contribution is 0.660. The van der Waals surface area contributed by atoms with E-state index in [-0.39, 0.29) is 5.41 Å². The van der Waals surface area contributed by atoms with E-state index in [4.69, 9.17) is 0 Å². The first-order valence-electron chi connectivity index (χ1n) is 26.4. The van der Waals surface area contributed by atoms with Crippen molar-refractivity contribution in [3.8, 4) is 122 Å². The Kier molecular flexibility index (Phi) is 8.90. The van der Waals surface area contributed by atoms with Crippen molar-refractivity contribution in [2.45, 2.75) is 19.3 Å². The van der Waals surface area contributed by atoms with Gasteiger partial charge in [0.25, 0.3) is 0 Å². The van der Waals surface area contributed by atoms with Crippen molar-refractivity contribution in [2.75, 3.05) is 0 Å². The van der Waals surface area contributed by atoms with E-state index in [0.29, 0.717) is 0 Å². The third kappa shape index (κ3) is 6.00. The zero-order valence-electron chi connectivity index (χ0n) is 41.7. The zero-order valence-corrected chi connectivity index (χ0v) is 41.7. The van der Waals surface area contributed by atoms with Gasteiger partial charge in [-0.15, -0.1) is 0 Å².